The molecule has 0 unspecified atom stereocenters. The van der Waals surface area contributed by atoms with Crippen molar-refractivity contribution >= 4 is 11.8 Å². The highest BCUT2D eigenvalue weighted by Gasteiger charge is 2.32. The average Bonchev–Trinajstić information content (AvgIpc) is 2.83. The third kappa shape index (κ3) is 4.80. The van der Waals surface area contributed by atoms with Crippen LogP contribution in [0.5, 0.6) is 0 Å². The molecule has 0 N–H and O–H groups in total. The molecule has 2 aromatic carbocycles. The summed E-state index contributed by atoms with van der Waals surface area (Å²) in [6.07, 6.45) is -3.20. The van der Waals surface area contributed by atoms with Gasteiger partial charge in [0, 0.05) is 37.7 Å². The maximum absolute atomic E-state index is 13.2. The van der Waals surface area contributed by atoms with Crippen LogP contribution >= 0.6 is 0 Å². The minimum Gasteiger partial charge on any atom is -0.378 e. The number of likely N-dealkylation sites (tertiary alicyclic amines) is 1. The summed E-state index contributed by atoms with van der Waals surface area (Å²) in [4.78, 5) is 29.5. The zero-order valence-corrected chi connectivity index (χ0v) is 17.6. The lowest BCUT2D eigenvalue weighted by molar-refractivity contribution is -0.141. The molecule has 2 saturated heterocycles. The summed E-state index contributed by atoms with van der Waals surface area (Å²) in [6.45, 7) is 3.28. The van der Waals surface area contributed by atoms with Gasteiger partial charge < -0.3 is 14.5 Å². The molecule has 0 bridgehead atoms. The van der Waals surface area contributed by atoms with E-state index in [-0.39, 0.29) is 17.7 Å². The number of hydrogen-bond donors (Lipinski definition) is 0. The second-order valence-corrected chi connectivity index (χ2v) is 8.12. The zero-order valence-electron chi connectivity index (χ0n) is 17.6. The normalized spacial score (nSPS) is 18.0. The maximum atomic E-state index is 13.2. The Morgan fingerprint density at radius 2 is 1.47 bits per heavy atom. The predicted molar refractivity (Wildman–Crippen MR) is 113 cm³/mol. The lowest BCUT2D eigenvalue weighted by Crippen LogP contribution is -2.47. The van der Waals surface area contributed by atoms with Crippen molar-refractivity contribution in [2.75, 3.05) is 39.4 Å². The van der Waals surface area contributed by atoms with Crippen molar-refractivity contribution in [1.82, 2.24) is 9.80 Å². The second kappa shape index (κ2) is 9.32. The van der Waals surface area contributed by atoms with Crippen molar-refractivity contribution in [2.24, 2.45) is 5.92 Å². The quantitative estimate of drug-likeness (QED) is 0.714. The standard InChI is InChI=1S/C24H25F3N2O3/c25-24(26,27)19-7-5-17(6-8-19)20-3-1-2-4-21(20)23(31)28-11-9-18(10-12-28)22(30)29-13-15-32-16-14-29/h1-8,18H,9-16H2. The van der Waals surface area contributed by atoms with E-state index in [1.807, 2.05) is 4.90 Å². The molecule has 2 fully saturated rings. The predicted octanol–water partition coefficient (Wildman–Crippen LogP) is 4.08. The van der Waals surface area contributed by atoms with E-state index in [0.29, 0.717) is 68.9 Å². The molecule has 0 atom stereocenters. The number of rotatable bonds is 3. The molecule has 2 aliphatic heterocycles. The third-order valence-electron chi connectivity index (χ3n) is 6.13. The Kier molecular flexibility index (Phi) is 6.50. The van der Waals surface area contributed by atoms with Crippen LogP contribution in [0.4, 0.5) is 13.2 Å². The van der Waals surface area contributed by atoms with Crippen LogP contribution in [0.25, 0.3) is 11.1 Å². The highest BCUT2D eigenvalue weighted by atomic mass is 19.4. The Bertz CT molecular complexity index is 961. The molecule has 2 amide bonds. The molecule has 32 heavy (non-hydrogen) atoms. The van der Waals surface area contributed by atoms with Gasteiger partial charge in [0.25, 0.3) is 5.91 Å². The van der Waals surface area contributed by atoms with Crippen LogP contribution in [0.1, 0.15) is 28.8 Å². The molecule has 5 nitrogen and oxygen atoms in total. The summed E-state index contributed by atoms with van der Waals surface area (Å²) in [5.41, 5.74) is 0.874. The van der Waals surface area contributed by atoms with E-state index in [9.17, 15) is 22.8 Å². The number of morpholine rings is 1. The van der Waals surface area contributed by atoms with E-state index in [1.165, 1.54) is 12.1 Å². The number of benzene rings is 2. The van der Waals surface area contributed by atoms with Crippen molar-refractivity contribution in [1.29, 1.82) is 0 Å². The van der Waals surface area contributed by atoms with E-state index in [0.717, 1.165) is 12.1 Å². The highest BCUT2D eigenvalue weighted by molar-refractivity contribution is 6.01. The molecule has 2 aliphatic rings. The molecule has 0 aliphatic carbocycles. The molecule has 2 heterocycles. The van der Waals surface area contributed by atoms with Crippen molar-refractivity contribution in [3.05, 3.63) is 59.7 Å². The van der Waals surface area contributed by atoms with Crippen LogP contribution in [0.2, 0.25) is 0 Å². The third-order valence-corrected chi connectivity index (χ3v) is 6.13. The molecule has 8 heteroatoms. The highest BCUT2D eigenvalue weighted by Crippen LogP contribution is 2.32. The van der Waals surface area contributed by atoms with Gasteiger partial charge >= 0.3 is 6.18 Å². The number of alkyl halides is 3. The van der Waals surface area contributed by atoms with Gasteiger partial charge in [0.15, 0.2) is 0 Å². The molecule has 170 valence electrons. The van der Waals surface area contributed by atoms with Crippen LogP contribution in [0.15, 0.2) is 48.5 Å². The van der Waals surface area contributed by atoms with Crippen molar-refractivity contribution < 1.29 is 27.5 Å². The fourth-order valence-electron chi connectivity index (χ4n) is 4.30. The van der Waals surface area contributed by atoms with Gasteiger partial charge in [-0.15, -0.1) is 0 Å². The minimum atomic E-state index is -4.41. The summed E-state index contributed by atoms with van der Waals surface area (Å²) >= 11 is 0. The number of hydrogen-bond acceptors (Lipinski definition) is 3. The van der Waals surface area contributed by atoms with Crippen LogP contribution in [-0.2, 0) is 15.7 Å². The zero-order chi connectivity index (χ0) is 22.7. The maximum Gasteiger partial charge on any atom is 0.416 e. The van der Waals surface area contributed by atoms with Crippen molar-refractivity contribution in [2.45, 2.75) is 19.0 Å². The first kappa shape index (κ1) is 22.3. The van der Waals surface area contributed by atoms with Gasteiger partial charge in [0.05, 0.1) is 18.8 Å². The number of amides is 2. The first-order valence-corrected chi connectivity index (χ1v) is 10.8. The molecule has 0 saturated carbocycles. The number of ether oxygens (including phenoxy) is 1. The number of piperidine rings is 1. The van der Waals surface area contributed by atoms with E-state index in [1.54, 1.807) is 29.2 Å². The van der Waals surface area contributed by atoms with Crippen LogP contribution in [0.3, 0.4) is 0 Å². The summed E-state index contributed by atoms with van der Waals surface area (Å²) in [7, 11) is 0. The van der Waals surface area contributed by atoms with E-state index in [2.05, 4.69) is 0 Å². The van der Waals surface area contributed by atoms with Gasteiger partial charge in [0.1, 0.15) is 0 Å². The molecule has 2 aromatic rings. The van der Waals surface area contributed by atoms with Crippen LogP contribution < -0.4 is 0 Å². The molecule has 0 aromatic heterocycles. The first-order valence-electron chi connectivity index (χ1n) is 10.8. The lowest BCUT2D eigenvalue weighted by atomic mass is 9.93. The van der Waals surface area contributed by atoms with Gasteiger partial charge in [-0.1, -0.05) is 30.3 Å². The molecule has 4 rings (SSSR count). The number of carbonyl (C=O) groups is 2. The second-order valence-electron chi connectivity index (χ2n) is 8.12. The van der Waals surface area contributed by atoms with Crippen LogP contribution in [0, 0.1) is 5.92 Å². The Morgan fingerprint density at radius 1 is 0.844 bits per heavy atom. The fraction of sp³-hybridized carbons (Fsp3) is 0.417. The van der Waals surface area contributed by atoms with E-state index < -0.39 is 11.7 Å². The van der Waals surface area contributed by atoms with E-state index in [4.69, 9.17) is 4.74 Å². The summed E-state index contributed by atoms with van der Waals surface area (Å²) in [5, 5.41) is 0. The van der Waals surface area contributed by atoms with Crippen LogP contribution in [-0.4, -0.2) is 61.0 Å². The summed E-state index contributed by atoms with van der Waals surface area (Å²) in [5.74, 6) is -0.134. The van der Waals surface area contributed by atoms with Crippen molar-refractivity contribution in [3.63, 3.8) is 0 Å². The van der Waals surface area contributed by atoms with Gasteiger partial charge in [-0.25, -0.2) is 0 Å². The Labute approximate surface area is 184 Å². The topological polar surface area (TPSA) is 49.9 Å². The number of nitrogens with zero attached hydrogens (tertiary/aromatic N) is 2. The molecule has 0 radical (unpaired) electrons. The number of halogens is 3. The molecule has 0 spiro atoms. The Balaban J connectivity index is 1.45. The minimum absolute atomic E-state index is 0.0951. The number of carbonyl (C=O) groups excluding carboxylic acids is 2. The van der Waals surface area contributed by atoms with Gasteiger partial charge in [-0.2, -0.15) is 13.2 Å². The Hall–Kier alpha value is -2.87. The molecular weight excluding hydrogens is 421 g/mol. The SMILES string of the molecule is O=C(c1ccccc1-c1ccc(C(F)(F)F)cc1)N1CCC(C(=O)N2CCOCC2)CC1. The summed E-state index contributed by atoms with van der Waals surface area (Å²) in [6, 6.07) is 11.8. The van der Waals surface area contributed by atoms with E-state index >= 15 is 0 Å². The average molecular weight is 446 g/mol. The Morgan fingerprint density at radius 3 is 2.09 bits per heavy atom. The molecular formula is C24H25F3N2O3. The monoisotopic (exact) mass is 446 g/mol. The largest absolute Gasteiger partial charge is 0.416 e. The first-order chi connectivity index (χ1) is 15.3. The fourth-order valence-corrected chi connectivity index (χ4v) is 4.30. The smallest absolute Gasteiger partial charge is 0.378 e. The van der Waals surface area contributed by atoms with Gasteiger partial charge in [-0.3, -0.25) is 9.59 Å². The van der Waals surface area contributed by atoms with Gasteiger partial charge in [0.2, 0.25) is 5.91 Å². The van der Waals surface area contributed by atoms with Crippen molar-refractivity contribution in [3.8, 4) is 11.1 Å². The van der Waals surface area contributed by atoms with Gasteiger partial charge in [-0.05, 0) is 42.2 Å². The summed E-state index contributed by atoms with van der Waals surface area (Å²) < 4.78 is 44.0. The lowest BCUT2D eigenvalue weighted by Gasteiger charge is -2.35.